The summed E-state index contributed by atoms with van der Waals surface area (Å²) in [6.07, 6.45) is 1.82. The SMILES string of the molecule is CC1=Nn2c(nnc2C2CCCO2)SC1C(=O)O. The van der Waals surface area contributed by atoms with Gasteiger partial charge in [0.1, 0.15) is 11.4 Å². The molecule has 7 nitrogen and oxygen atoms in total. The van der Waals surface area contributed by atoms with Crippen LogP contribution in [0.15, 0.2) is 10.3 Å². The topological polar surface area (TPSA) is 89.6 Å². The zero-order chi connectivity index (χ0) is 12.7. The van der Waals surface area contributed by atoms with Crippen molar-refractivity contribution in [2.75, 3.05) is 6.61 Å². The molecule has 1 N–H and O–H groups in total. The predicted molar refractivity (Wildman–Crippen MR) is 63.7 cm³/mol. The van der Waals surface area contributed by atoms with Crippen molar-refractivity contribution in [3.8, 4) is 0 Å². The number of aliphatic carboxylic acids is 1. The van der Waals surface area contributed by atoms with Crippen molar-refractivity contribution in [2.24, 2.45) is 5.10 Å². The van der Waals surface area contributed by atoms with E-state index in [0.717, 1.165) is 31.2 Å². The third-order valence-corrected chi connectivity index (χ3v) is 4.18. The minimum absolute atomic E-state index is 0.0789. The zero-order valence-electron chi connectivity index (χ0n) is 9.74. The lowest BCUT2D eigenvalue weighted by Gasteiger charge is -2.18. The number of carbonyl (C=O) groups is 1. The zero-order valence-corrected chi connectivity index (χ0v) is 10.6. The first kappa shape index (κ1) is 11.7. The summed E-state index contributed by atoms with van der Waals surface area (Å²) >= 11 is 1.16. The van der Waals surface area contributed by atoms with Crippen LogP contribution in [0.3, 0.4) is 0 Å². The van der Waals surface area contributed by atoms with Crippen molar-refractivity contribution in [3.63, 3.8) is 0 Å². The molecule has 0 radical (unpaired) electrons. The fourth-order valence-electron chi connectivity index (χ4n) is 2.06. The summed E-state index contributed by atoms with van der Waals surface area (Å²) in [7, 11) is 0. The molecule has 96 valence electrons. The molecule has 0 bridgehead atoms. The van der Waals surface area contributed by atoms with E-state index in [9.17, 15) is 4.79 Å². The van der Waals surface area contributed by atoms with E-state index in [-0.39, 0.29) is 6.10 Å². The van der Waals surface area contributed by atoms with E-state index in [1.165, 1.54) is 0 Å². The summed E-state index contributed by atoms with van der Waals surface area (Å²) in [5.74, 6) is -0.243. The highest BCUT2D eigenvalue weighted by Crippen LogP contribution is 2.33. The highest BCUT2D eigenvalue weighted by molar-refractivity contribution is 8.01. The van der Waals surface area contributed by atoms with E-state index in [1.54, 1.807) is 11.6 Å². The van der Waals surface area contributed by atoms with Crippen LogP contribution < -0.4 is 0 Å². The summed E-state index contributed by atoms with van der Waals surface area (Å²) in [6.45, 7) is 2.43. The number of hydrogen-bond donors (Lipinski definition) is 1. The Morgan fingerprint density at radius 1 is 1.56 bits per heavy atom. The lowest BCUT2D eigenvalue weighted by atomic mass is 10.2. The number of thioether (sulfide) groups is 1. The Bertz CT molecular complexity index is 521. The first-order valence-corrected chi connectivity index (χ1v) is 6.56. The van der Waals surface area contributed by atoms with Gasteiger partial charge in [0, 0.05) is 6.61 Å². The van der Waals surface area contributed by atoms with E-state index in [2.05, 4.69) is 15.3 Å². The van der Waals surface area contributed by atoms with Gasteiger partial charge in [-0.25, -0.2) is 0 Å². The fraction of sp³-hybridized carbons (Fsp3) is 0.600. The lowest BCUT2D eigenvalue weighted by molar-refractivity contribution is -0.135. The molecule has 18 heavy (non-hydrogen) atoms. The molecule has 1 aromatic heterocycles. The van der Waals surface area contributed by atoms with Crippen LogP contribution in [-0.2, 0) is 9.53 Å². The summed E-state index contributed by atoms with van der Waals surface area (Å²) in [5, 5.41) is 21.2. The monoisotopic (exact) mass is 268 g/mol. The van der Waals surface area contributed by atoms with Crippen molar-refractivity contribution < 1.29 is 14.6 Å². The molecule has 8 heteroatoms. The van der Waals surface area contributed by atoms with E-state index >= 15 is 0 Å². The highest BCUT2D eigenvalue weighted by Gasteiger charge is 2.33. The average Bonchev–Trinajstić information content (AvgIpc) is 2.94. The lowest BCUT2D eigenvalue weighted by Crippen LogP contribution is -2.29. The number of aromatic nitrogens is 3. The molecule has 1 saturated heterocycles. The van der Waals surface area contributed by atoms with Crippen LogP contribution in [0.25, 0.3) is 0 Å². The molecule has 0 aromatic carbocycles. The van der Waals surface area contributed by atoms with Crippen LogP contribution in [-0.4, -0.2) is 43.5 Å². The number of hydrogen-bond acceptors (Lipinski definition) is 6. The van der Waals surface area contributed by atoms with E-state index in [4.69, 9.17) is 9.84 Å². The summed E-state index contributed by atoms with van der Waals surface area (Å²) in [4.78, 5) is 11.1. The molecule has 2 aliphatic rings. The van der Waals surface area contributed by atoms with Gasteiger partial charge in [0.05, 0.1) is 5.71 Å². The van der Waals surface area contributed by atoms with Gasteiger partial charge < -0.3 is 9.84 Å². The molecule has 2 aliphatic heterocycles. The van der Waals surface area contributed by atoms with Gasteiger partial charge in [0.15, 0.2) is 5.82 Å². The number of nitrogens with zero attached hydrogens (tertiary/aromatic N) is 4. The first-order chi connectivity index (χ1) is 8.66. The Labute approximate surface area is 107 Å². The van der Waals surface area contributed by atoms with Crippen LogP contribution in [0.2, 0.25) is 0 Å². The second-order valence-electron chi connectivity index (χ2n) is 4.23. The molecule has 0 saturated carbocycles. The maximum absolute atomic E-state index is 11.1. The Morgan fingerprint density at radius 3 is 3.06 bits per heavy atom. The smallest absolute Gasteiger partial charge is 0.322 e. The standard InChI is InChI=1S/C10H12N4O3S/c1-5-7(9(15)16)18-10-12-11-8(14(10)13-5)6-3-2-4-17-6/h6-7H,2-4H2,1H3,(H,15,16). The van der Waals surface area contributed by atoms with Gasteiger partial charge in [0.2, 0.25) is 5.16 Å². The van der Waals surface area contributed by atoms with Gasteiger partial charge in [-0.15, -0.1) is 10.2 Å². The van der Waals surface area contributed by atoms with Gasteiger partial charge in [-0.1, -0.05) is 11.8 Å². The van der Waals surface area contributed by atoms with Crippen LogP contribution in [0.5, 0.6) is 0 Å². The normalized spacial score (nSPS) is 26.8. The minimum atomic E-state index is -0.908. The van der Waals surface area contributed by atoms with Crippen molar-refractivity contribution in [1.82, 2.24) is 14.9 Å². The summed E-state index contributed by atoms with van der Waals surface area (Å²) < 4.78 is 7.16. The molecule has 1 fully saturated rings. The van der Waals surface area contributed by atoms with Crippen molar-refractivity contribution in [2.45, 2.75) is 36.3 Å². The molecule has 0 spiro atoms. The third kappa shape index (κ3) is 1.81. The maximum Gasteiger partial charge on any atom is 0.322 e. The van der Waals surface area contributed by atoms with Crippen molar-refractivity contribution >= 4 is 23.4 Å². The Balaban J connectivity index is 1.96. The second-order valence-corrected chi connectivity index (χ2v) is 5.30. The van der Waals surface area contributed by atoms with Gasteiger partial charge in [0.25, 0.3) is 0 Å². The second kappa shape index (κ2) is 4.36. The molecule has 3 rings (SSSR count). The molecule has 2 atom stereocenters. The number of carboxylic acid groups (broad SMARTS) is 1. The molecule has 0 amide bonds. The molecule has 0 aliphatic carbocycles. The van der Waals surface area contributed by atoms with Crippen LogP contribution in [0.1, 0.15) is 31.7 Å². The molecule has 2 unspecified atom stereocenters. The predicted octanol–water partition coefficient (Wildman–Crippen LogP) is 0.912. The van der Waals surface area contributed by atoms with Gasteiger partial charge in [-0.2, -0.15) is 9.78 Å². The summed E-state index contributed by atoms with van der Waals surface area (Å²) in [5.41, 5.74) is 0.541. The number of ether oxygens (including phenoxy) is 1. The van der Waals surface area contributed by atoms with E-state index < -0.39 is 11.2 Å². The molecular formula is C10H12N4O3S. The molecule has 1 aromatic rings. The average molecular weight is 268 g/mol. The van der Waals surface area contributed by atoms with Crippen LogP contribution in [0, 0.1) is 0 Å². The van der Waals surface area contributed by atoms with Crippen LogP contribution >= 0.6 is 11.8 Å². The molecule has 3 heterocycles. The Morgan fingerprint density at radius 2 is 2.39 bits per heavy atom. The van der Waals surface area contributed by atoms with Crippen molar-refractivity contribution in [3.05, 3.63) is 5.82 Å². The third-order valence-electron chi connectivity index (χ3n) is 2.94. The Kier molecular flexibility index (Phi) is 2.83. The number of fused-ring (bicyclic) bond motifs is 1. The van der Waals surface area contributed by atoms with Gasteiger partial charge in [-0.05, 0) is 19.8 Å². The maximum atomic E-state index is 11.1. The number of rotatable bonds is 2. The largest absolute Gasteiger partial charge is 0.480 e. The van der Waals surface area contributed by atoms with Gasteiger partial charge in [-0.3, -0.25) is 4.79 Å². The summed E-state index contributed by atoms with van der Waals surface area (Å²) in [6, 6.07) is 0. The number of carboxylic acids is 1. The highest BCUT2D eigenvalue weighted by atomic mass is 32.2. The fourth-order valence-corrected chi connectivity index (χ4v) is 2.91. The van der Waals surface area contributed by atoms with Crippen LogP contribution in [0.4, 0.5) is 0 Å². The van der Waals surface area contributed by atoms with E-state index in [1.807, 2.05) is 0 Å². The van der Waals surface area contributed by atoms with E-state index in [0.29, 0.717) is 16.7 Å². The quantitative estimate of drug-likeness (QED) is 0.857. The van der Waals surface area contributed by atoms with Gasteiger partial charge >= 0.3 is 5.97 Å². The minimum Gasteiger partial charge on any atom is -0.480 e. The van der Waals surface area contributed by atoms with Crippen molar-refractivity contribution in [1.29, 1.82) is 0 Å². The Hall–Kier alpha value is -1.41. The molecular weight excluding hydrogens is 256 g/mol. The first-order valence-electron chi connectivity index (χ1n) is 5.68.